The van der Waals surface area contributed by atoms with Gasteiger partial charge in [0, 0.05) is 0 Å². The van der Waals surface area contributed by atoms with Crippen molar-refractivity contribution < 1.29 is 15.0 Å². The van der Waals surface area contributed by atoms with Crippen molar-refractivity contribution in [2.45, 2.75) is 38.8 Å². The number of carbonyl (C=O) groups is 1. The summed E-state index contributed by atoms with van der Waals surface area (Å²) >= 11 is 0. The van der Waals surface area contributed by atoms with Gasteiger partial charge in [-0.2, -0.15) is 5.11 Å². The van der Waals surface area contributed by atoms with E-state index in [1.165, 1.54) is 0 Å². The van der Waals surface area contributed by atoms with E-state index >= 15 is 0 Å². The predicted molar refractivity (Wildman–Crippen MR) is 46.7 cm³/mol. The van der Waals surface area contributed by atoms with E-state index in [1.54, 1.807) is 0 Å². The summed E-state index contributed by atoms with van der Waals surface area (Å²) in [5.74, 6) is -0.771. The highest BCUT2D eigenvalue weighted by atomic mass is 16.4. The smallest absolute Gasteiger partial charge is 0.306 e. The fourth-order valence-corrected chi connectivity index (χ4v) is 1.09. The second kappa shape index (κ2) is 5.64. The van der Waals surface area contributed by atoms with Crippen LogP contribution in [0.1, 0.15) is 26.7 Å². The first-order valence-corrected chi connectivity index (χ1v) is 4.23. The molecule has 13 heavy (non-hydrogen) atoms. The van der Waals surface area contributed by atoms with Crippen molar-refractivity contribution in [2.24, 2.45) is 11.0 Å². The van der Waals surface area contributed by atoms with Gasteiger partial charge in [-0.3, -0.25) is 4.79 Å². The molecular formula is C8H16N2O3. The monoisotopic (exact) mass is 188 g/mol. The van der Waals surface area contributed by atoms with Crippen molar-refractivity contribution in [3.8, 4) is 0 Å². The van der Waals surface area contributed by atoms with Gasteiger partial charge < -0.3 is 10.2 Å². The van der Waals surface area contributed by atoms with Crippen molar-refractivity contribution in [1.82, 2.24) is 0 Å². The molecule has 0 aliphatic heterocycles. The maximum atomic E-state index is 10.3. The number of nitrogens with one attached hydrogen (secondary N) is 1. The van der Waals surface area contributed by atoms with E-state index in [2.05, 4.69) is 5.11 Å². The van der Waals surface area contributed by atoms with Crippen LogP contribution >= 0.6 is 0 Å². The minimum Gasteiger partial charge on any atom is -0.481 e. The second-order valence-electron chi connectivity index (χ2n) is 3.49. The van der Waals surface area contributed by atoms with Gasteiger partial charge in [0.2, 0.25) is 0 Å². The Bertz CT molecular complexity index is 182. The molecule has 76 valence electrons. The zero-order valence-electron chi connectivity index (χ0n) is 7.90. The first-order chi connectivity index (χ1) is 5.97. The van der Waals surface area contributed by atoms with Crippen LogP contribution in [0.2, 0.25) is 0 Å². The number of aliphatic carboxylic acids is 1. The zero-order valence-corrected chi connectivity index (χ0v) is 7.90. The third-order valence-electron chi connectivity index (χ3n) is 1.71. The molecule has 0 radical (unpaired) electrons. The molecule has 5 nitrogen and oxygen atoms in total. The minimum atomic E-state index is -1.06. The molecule has 5 heteroatoms. The van der Waals surface area contributed by atoms with Crippen LogP contribution in [-0.4, -0.2) is 28.3 Å². The lowest BCUT2D eigenvalue weighted by molar-refractivity contribution is -0.139. The summed E-state index contributed by atoms with van der Waals surface area (Å²) in [6, 6.07) is -0.587. The highest BCUT2D eigenvalue weighted by Gasteiger charge is 2.21. The predicted octanol–water partition coefficient (Wildman–Crippen LogP) is 1.27. The topological polar surface area (TPSA) is 93.7 Å². The number of aliphatic hydroxyl groups is 1. The summed E-state index contributed by atoms with van der Waals surface area (Å²) in [5, 5.41) is 21.0. The fourth-order valence-electron chi connectivity index (χ4n) is 1.09. The van der Waals surface area contributed by atoms with E-state index in [0.29, 0.717) is 12.3 Å². The second-order valence-corrected chi connectivity index (χ2v) is 3.49. The third-order valence-corrected chi connectivity index (χ3v) is 1.71. The molecule has 0 aromatic carbocycles. The summed E-state index contributed by atoms with van der Waals surface area (Å²) < 4.78 is 0. The molecule has 0 amide bonds. The molecule has 2 atom stereocenters. The Balaban J connectivity index is 4.06. The highest BCUT2D eigenvalue weighted by molar-refractivity contribution is 5.67. The molecule has 0 spiro atoms. The third kappa shape index (κ3) is 5.30. The number of rotatable bonds is 6. The van der Waals surface area contributed by atoms with E-state index in [9.17, 15) is 9.90 Å². The zero-order chi connectivity index (χ0) is 10.4. The van der Waals surface area contributed by atoms with Gasteiger partial charge in [-0.1, -0.05) is 13.8 Å². The highest BCUT2D eigenvalue weighted by Crippen LogP contribution is 2.13. The van der Waals surface area contributed by atoms with Crippen LogP contribution in [0.4, 0.5) is 0 Å². The Morgan fingerprint density at radius 2 is 2.08 bits per heavy atom. The number of carboxylic acids is 1. The first-order valence-electron chi connectivity index (χ1n) is 4.23. The van der Waals surface area contributed by atoms with Gasteiger partial charge in [-0.25, -0.2) is 5.53 Å². The Morgan fingerprint density at radius 3 is 2.38 bits per heavy atom. The maximum Gasteiger partial charge on any atom is 0.306 e. The van der Waals surface area contributed by atoms with Crippen LogP contribution in [-0.2, 0) is 4.79 Å². The van der Waals surface area contributed by atoms with E-state index < -0.39 is 18.1 Å². The van der Waals surface area contributed by atoms with Gasteiger partial charge >= 0.3 is 5.97 Å². The molecule has 0 unspecified atom stereocenters. The Morgan fingerprint density at radius 1 is 1.54 bits per heavy atom. The maximum absolute atomic E-state index is 10.3. The van der Waals surface area contributed by atoms with Crippen LogP contribution in [0, 0.1) is 11.4 Å². The average molecular weight is 188 g/mol. The van der Waals surface area contributed by atoms with Crippen molar-refractivity contribution >= 4 is 5.97 Å². The Kier molecular flexibility index (Phi) is 5.22. The average Bonchev–Trinajstić information content (AvgIpc) is 1.98. The molecule has 0 aromatic heterocycles. The number of hydrogen-bond acceptors (Lipinski definition) is 4. The van der Waals surface area contributed by atoms with E-state index in [1.807, 2.05) is 13.8 Å². The normalized spacial score (nSPS) is 15.4. The SMILES string of the molecule is CC(C)C[C@H](N=N)[C@@H](O)CC(=O)O. The van der Waals surface area contributed by atoms with Crippen LogP contribution < -0.4 is 0 Å². The van der Waals surface area contributed by atoms with Crippen LogP contribution in [0.3, 0.4) is 0 Å². The largest absolute Gasteiger partial charge is 0.481 e. The van der Waals surface area contributed by atoms with Crippen molar-refractivity contribution in [2.75, 3.05) is 0 Å². The van der Waals surface area contributed by atoms with Crippen LogP contribution in [0.5, 0.6) is 0 Å². The van der Waals surface area contributed by atoms with E-state index in [4.69, 9.17) is 10.6 Å². The van der Waals surface area contributed by atoms with Gasteiger partial charge in [0.15, 0.2) is 0 Å². The number of hydrogen-bond donors (Lipinski definition) is 3. The molecule has 0 saturated carbocycles. The van der Waals surface area contributed by atoms with Gasteiger partial charge in [0.25, 0.3) is 0 Å². The summed E-state index contributed by atoms with van der Waals surface area (Å²) in [4.78, 5) is 10.3. The lowest BCUT2D eigenvalue weighted by Gasteiger charge is -2.17. The fraction of sp³-hybridized carbons (Fsp3) is 0.875. The Labute approximate surface area is 77.3 Å². The summed E-state index contributed by atoms with van der Waals surface area (Å²) in [7, 11) is 0. The van der Waals surface area contributed by atoms with Crippen molar-refractivity contribution in [3.05, 3.63) is 0 Å². The molecule has 0 aliphatic carbocycles. The van der Waals surface area contributed by atoms with Gasteiger partial charge in [-0.05, 0) is 12.3 Å². The summed E-state index contributed by atoms with van der Waals surface area (Å²) in [6.45, 7) is 3.87. The lowest BCUT2D eigenvalue weighted by Crippen LogP contribution is -2.28. The standard InChI is InChI=1S/C8H16N2O3/c1-5(2)3-6(10-9)7(11)4-8(12)13/h5-7,9,11H,3-4H2,1-2H3,(H,12,13)/t6-,7-/m0/s1. The minimum absolute atomic E-state index is 0.294. The van der Waals surface area contributed by atoms with Crippen molar-refractivity contribution in [3.63, 3.8) is 0 Å². The molecule has 0 saturated heterocycles. The number of aliphatic hydroxyl groups excluding tert-OH is 1. The molecule has 0 bridgehead atoms. The Hall–Kier alpha value is -0.970. The molecule has 0 aromatic rings. The molecule has 0 rings (SSSR count). The van der Waals surface area contributed by atoms with E-state index in [-0.39, 0.29) is 6.42 Å². The van der Waals surface area contributed by atoms with Gasteiger partial charge in [-0.15, -0.1) is 0 Å². The molecule has 0 fully saturated rings. The molecule has 3 N–H and O–H groups in total. The molecular weight excluding hydrogens is 172 g/mol. The van der Waals surface area contributed by atoms with Crippen LogP contribution in [0.25, 0.3) is 0 Å². The number of nitrogens with zero attached hydrogens (tertiary/aromatic N) is 1. The van der Waals surface area contributed by atoms with Gasteiger partial charge in [0.05, 0.1) is 18.6 Å². The van der Waals surface area contributed by atoms with E-state index in [0.717, 1.165) is 0 Å². The van der Waals surface area contributed by atoms with Crippen LogP contribution in [0.15, 0.2) is 5.11 Å². The summed E-state index contributed by atoms with van der Waals surface area (Å²) in [6.07, 6.45) is -0.852. The summed E-state index contributed by atoms with van der Waals surface area (Å²) in [5.41, 5.74) is 6.80. The molecule has 0 aliphatic rings. The lowest BCUT2D eigenvalue weighted by atomic mass is 9.98. The first kappa shape index (κ1) is 12.0. The van der Waals surface area contributed by atoms with Gasteiger partial charge in [0.1, 0.15) is 0 Å². The number of carboxylic acid groups (broad SMARTS) is 1. The molecule has 0 heterocycles. The quantitative estimate of drug-likeness (QED) is 0.548. The van der Waals surface area contributed by atoms with Crippen molar-refractivity contribution in [1.29, 1.82) is 5.53 Å².